The third kappa shape index (κ3) is 7.34. The Bertz CT molecular complexity index is 136. The monoisotopic (exact) mass is 201 g/mol. The van der Waals surface area contributed by atoms with Crippen molar-refractivity contribution >= 4 is 0 Å². The van der Waals surface area contributed by atoms with Gasteiger partial charge in [0, 0.05) is 12.6 Å². The predicted octanol–water partition coefficient (Wildman–Crippen LogP) is 2.97. The van der Waals surface area contributed by atoms with Crippen molar-refractivity contribution in [2.24, 2.45) is 0 Å². The first-order chi connectivity index (χ1) is 6.39. The molecule has 0 radical (unpaired) electrons. The van der Waals surface area contributed by atoms with Crippen molar-refractivity contribution in [1.29, 1.82) is 0 Å². The summed E-state index contributed by atoms with van der Waals surface area (Å²) in [6.45, 7) is 13.8. The van der Waals surface area contributed by atoms with Crippen LogP contribution in [0.5, 0.6) is 0 Å². The number of nitrogens with one attached hydrogen (secondary N) is 1. The lowest BCUT2D eigenvalue weighted by atomic mass is 10.1. The molecule has 0 amide bonds. The molecule has 14 heavy (non-hydrogen) atoms. The van der Waals surface area contributed by atoms with Gasteiger partial charge in [-0.25, -0.2) is 0 Å². The fourth-order valence-corrected chi connectivity index (χ4v) is 1.56. The molecule has 0 aromatic heterocycles. The van der Waals surface area contributed by atoms with E-state index in [2.05, 4.69) is 46.9 Å². The molecule has 2 nitrogen and oxygen atoms in total. The second-order valence-corrected chi connectivity index (χ2v) is 4.96. The molecular weight excluding hydrogens is 174 g/mol. The largest absolute Gasteiger partial charge is 0.372 e. The molecule has 0 rings (SSSR count). The van der Waals surface area contributed by atoms with Gasteiger partial charge in [0.1, 0.15) is 0 Å². The van der Waals surface area contributed by atoms with Gasteiger partial charge in [-0.15, -0.1) is 0 Å². The summed E-state index contributed by atoms with van der Waals surface area (Å²) in [4.78, 5) is 0. The van der Waals surface area contributed by atoms with E-state index in [0.29, 0.717) is 6.04 Å². The van der Waals surface area contributed by atoms with Crippen molar-refractivity contribution in [3.05, 3.63) is 0 Å². The summed E-state index contributed by atoms with van der Waals surface area (Å²) in [5.74, 6) is 0. The molecule has 0 saturated heterocycles. The first-order valence-electron chi connectivity index (χ1n) is 5.80. The first-order valence-corrected chi connectivity index (χ1v) is 5.80. The third-order valence-corrected chi connectivity index (χ3v) is 2.23. The summed E-state index contributed by atoms with van der Waals surface area (Å²) in [7, 11) is 0. The van der Waals surface area contributed by atoms with Crippen LogP contribution in [-0.4, -0.2) is 24.3 Å². The Morgan fingerprint density at radius 1 is 1.14 bits per heavy atom. The summed E-state index contributed by atoms with van der Waals surface area (Å²) in [6, 6.07) is 0.640. The van der Waals surface area contributed by atoms with Crippen molar-refractivity contribution in [3.8, 4) is 0 Å². The number of rotatable bonds is 6. The zero-order chi connectivity index (χ0) is 11.2. The van der Waals surface area contributed by atoms with Gasteiger partial charge in [0.15, 0.2) is 0 Å². The molecule has 0 bridgehead atoms. The van der Waals surface area contributed by atoms with Crippen LogP contribution in [0.2, 0.25) is 0 Å². The summed E-state index contributed by atoms with van der Waals surface area (Å²) in [5.41, 5.74) is -0.0327. The highest BCUT2D eigenvalue weighted by atomic mass is 16.5. The average molecular weight is 201 g/mol. The minimum absolute atomic E-state index is 0.0327. The van der Waals surface area contributed by atoms with Crippen LogP contribution in [0.4, 0.5) is 0 Å². The Kier molecular flexibility index (Phi) is 6.38. The molecule has 2 heteroatoms. The summed E-state index contributed by atoms with van der Waals surface area (Å²) < 4.78 is 5.81. The lowest BCUT2D eigenvalue weighted by Crippen LogP contribution is -2.38. The normalized spacial score (nSPS) is 14.8. The smallest absolute Gasteiger partial charge is 0.0678 e. The first kappa shape index (κ1) is 13.9. The second kappa shape index (κ2) is 6.41. The zero-order valence-corrected chi connectivity index (χ0v) is 10.7. The van der Waals surface area contributed by atoms with Gasteiger partial charge < -0.3 is 10.1 Å². The summed E-state index contributed by atoms with van der Waals surface area (Å²) in [6.07, 6.45) is 2.67. The highest BCUT2D eigenvalue weighted by Gasteiger charge is 2.15. The molecule has 0 fully saturated rings. The van der Waals surface area contributed by atoms with Crippen LogP contribution in [0.1, 0.15) is 54.4 Å². The average Bonchev–Trinajstić information content (AvgIpc) is 2.03. The Balaban J connectivity index is 3.67. The number of ether oxygens (including phenoxy) is 1. The molecule has 0 spiro atoms. The van der Waals surface area contributed by atoms with E-state index in [-0.39, 0.29) is 11.7 Å². The van der Waals surface area contributed by atoms with Gasteiger partial charge >= 0.3 is 0 Å². The maximum Gasteiger partial charge on any atom is 0.0678 e. The molecule has 1 atom stereocenters. The van der Waals surface area contributed by atoms with E-state index in [1.54, 1.807) is 0 Å². The van der Waals surface area contributed by atoms with Gasteiger partial charge in [-0.2, -0.15) is 0 Å². The van der Waals surface area contributed by atoms with Crippen LogP contribution in [0.3, 0.4) is 0 Å². The van der Waals surface area contributed by atoms with E-state index in [1.807, 2.05) is 0 Å². The standard InChI is InChI=1S/C12H27NO/c1-7-11(8-2)13-9-10(3)14-12(4,5)6/h10-11,13H,7-9H2,1-6H3. The molecule has 0 aliphatic heterocycles. The van der Waals surface area contributed by atoms with Crippen LogP contribution < -0.4 is 5.32 Å². The van der Waals surface area contributed by atoms with Crippen molar-refractivity contribution in [2.75, 3.05) is 6.54 Å². The van der Waals surface area contributed by atoms with Crippen molar-refractivity contribution < 1.29 is 4.74 Å². The lowest BCUT2D eigenvalue weighted by Gasteiger charge is -2.26. The van der Waals surface area contributed by atoms with Crippen LogP contribution >= 0.6 is 0 Å². The molecule has 0 saturated carbocycles. The van der Waals surface area contributed by atoms with E-state index in [9.17, 15) is 0 Å². The molecule has 1 unspecified atom stereocenters. The van der Waals surface area contributed by atoms with E-state index in [4.69, 9.17) is 4.74 Å². The highest BCUT2D eigenvalue weighted by Crippen LogP contribution is 2.10. The summed E-state index contributed by atoms with van der Waals surface area (Å²) >= 11 is 0. The zero-order valence-electron chi connectivity index (χ0n) is 10.7. The maximum atomic E-state index is 5.81. The molecule has 1 N–H and O–H groups in total. The Morgan fingerprint density at radius 2 is 1.64 bits per heavy atom. The van der Waals surface area contributed by atoms with Crippen LogP contribution in [0.25, 0.3) is 0 Å². The molecule has 86 valence electrons. The maximum absolute atomic E-state index is 5.81. The Hall–Kier alpha value is -0.0800. The van der Waals surface area contributed by atoms with Crippen molar-refractivity contribution in [2.45, 2.75) is 72.1 Å². The van der Waals surface area contributed by atoms with E-state index in [0.717, 1.165) is 6.54 Å². The van der Waals surface area contributed by atoms with Gasteiger partial charge in [0.2, 0.25) is 0 Å². The molecular formula is C12H27NO. The van der Waals surface area contributed by atoms with E-state index in [1.165, 1.54) is 12.8 Å². The van der Waals surface area contributed by atoms with Gasteiger partial charge in [0.25, 0.3) is 0 Å². The van der Waals surface area contributed by atoms with Crippen LogP contribution in [-0.2, 0) is 4.74 Å². The minimum atomic E-state index is -0.0327. The SMILES string of the molecule is CCC(CC)NCC(C)OC(C)(C)C. The molecule has 0 aliphatic carbocycles. The quantitative estimate of drug-likeness (QED) is 0.713. The third-order valence-electron chi connectivity index (χ3n) is 2.23. The highest BCUT2D eigenvalue weighted by molar-refractivity contribution is 4.68. The van der Waals surface area contributed by atoms with Crippen molar-refractivity contribution in [3.63, 3.8) is 0 Å². The molecule has 0 aromatic carbocycles. The van der Waals surface area contributed by atoms with Gasteiger partial charge in [-0.3, -0.25) is 0 Å². The van der Waals surface area contributed by atoms with E-state index >= 15 is 0 Å². The topological polar surface area (TPSA) is 21.3 Å². The van der Waals surface area contributed by atoms with Gasteiger partial charge in [-0.05, 0) is 40.5 Å². The Morgan fingerprint density at radius 3 is 2.00 bits per heavy atom. The second-order valence-electron chi connectivity index (χ2n) is 4.96. The van der Waals surface area contributed by atoms with E-state index < -0.39 is 0 Å². The van der Waals surface area contributed by atoms with Crippen molar-refractivity contribution in [1.82, 2.24) is 5.32 Å². The van der Waals surface area contributed by atoms with Crippen LogP contribution in [0.15, 0.2) is 0 Å². The number of hydrogen-bond acceptors (Lipinski definition) is 2. The lowest BCUT2D eigenvalue weighted by molar-refractivity contribution is -0.0507. The fourth-order valence-electron chi connectivity index (χ4n) is 1.56. The number of hydrogen-bond donors (Lipinski definition) is 1. The van der Waals surface area contributed by atoms with Gasteiger partial charge in [0.05, 0.1) is 11.7 Å². The Labute approximate surface area is 89.4 Å². The molecule has 0 heterocycles. The summed E-state index contributed by atoms with van der Waals surface area (Å²) in [5, 5.41) is 3.52. The molecule has 0 aliphatic rings. The predicted molar refractivity (Wildman–Crippen MR) is 62.7 cm³/mol. The molecule has 0 aromatic rings. The van der Waals surface area contributed by atoms with Gasteiger partial charge in [-0.1, -0.05) is 13.8 Å². The minimum Gasteiger partial charge on any atom is -0.372 e. The fraction of sp³-hybridized carbons (Fsp3) is 1.00. The van der Waals surface area contributed by atoms with Crippen LogP contribution in [0, 0.1) is 0 Å².